The Morgan fingerprint density at radius 1 is 1.55 bits per heavy atom. The number of hydroxylamine groups is 2. The molecule has 0 bridgehead atoms. The van der Waals surface area contributed by atoms with Crippen LogP contribution in [0.1, 0.15) is 10.4 Å². The molecule has 5 heteroatoms. The third-order valence-corrected chi connectivity index (χ3v) is 1.09. The van der Waals surface area contributed by atoms with Gasteiger partial charge in [0.1, 0.15) is 0 Å². The van der Waals surface area contributed by atoms with Gasteiger partial charge in [0.25, 0.3) is 0 Å². The molecule has 0 unspecified atom stereocenters. The van der Waals surface area contributed by atoms with Gasteiger partial charge in [0.2, 0.25) is 0 Å². The first kappa shape index (κ1) is 7.64. The Morgan fingerprint density at radius 2 is 2.27 bits per heavy atom. The number of rotatable bonds is 1. The molecule has 0 atom stereocenters. The van der Waals surface area contributed by atoms with E-state index in [1.165, 1.54) is 24.5 Å². The number of carbonyl (C=O) groups excluding carboxylic acids is 1. The summed E-state index contributed by atoms with van der Waals surface area (Å²) in [6.07, 6.45) is 2.72. The fourth-order valence-electron chi connectivity index (χ4n) is 0.605. The third-order valence-electron chi connectivity index (χ3n) is 1.09. The van der Waals surface area contributed by atoms with Gasteiger partial charge in [-0.1, -0.05) is 5.23 Å². The molecule has 5 nitrogen and oxygen atoms in total. The zero-order valence-electron chi connectivity index (χ0n) is 5.51. The van der Waals surface area contributed by atoms with Crippen LogP contribution >= 0.6 is 0 Å². The van der Waals surface area contributed by atoms with Gasteiger partial charge in [0.05, 0.1) is 5.56 Å². The second kappa shape index (κ2) is 3.09. The first-order valence-electron chi connectivity index (χ1n) is 2.84. The van der Waals surface area contributed by atoms with Crippen molar-refractivity contribution in [1.29, 1.82) is 0 Å². The summed E-state index contributed by atoms with van der Waals surface area (Å²) < 4.78 is 0. The predicted octanol–water partition coefficient (Wildman–Crippen LogP) is 0.302. The molecule has 1 heterocycles. The molecular formula is C6H6N2O3. The fourth-order valence-corrected chi connectivity index (χ4v) is 0.605. The lowest BCUT2D eigenvalue weighted by Gasteiger charge is -2.03. The minimum absolute atomic E-state index is 0.123. The van der Waals surface area contributed by atoms with E-state index in [1.807, 2.05) is 0 Å². The van der Waals surface area contributed by atoms with E-state index in [1.54, 1.807) is 0 Å². The molecule has 1 aromatic rings. The van der Waals surface area contributed by atoms with Crippen LogP contribution in [0.25, 0.3) is 0 Å². The maximum Gasteiger partial charge on any atom is 0.305 e. The van der Waals surface area contributed by atoms with E-state index in [9.17, 15) is 4.79 Å². The molecule has 1 rings (SSSR count). The van der Waals surface area contributed by atoms with Gasteiger partial charge >= 0.3 is 5.91 Å². The van der Waals surface area contributed by atoms with Crippen molar-refractivity contribution in [2.75, 3.05) is 0 Å². The summed E-state index contributed by atoms with van der Waals surface area (Å²) in [6, 6.07) is 2.95. The van der Waals surface area contributed by atoms with Crippen LogP contribution in [-0.4, -0.2) is 26.5 Å². The molecular weight excluding hydrogens is 148 g/mol. The van der Waals surface area contributed by atoms with Gasteiger partial charge in [0.15, 0.2) is 0 Å². The van der Waals surface area contributed by atoms with Crippen LogP contribution in [-0.2, 0) is 0 Å². The van der Waals surface area contributed by atoms with E-state index < -0.39 is 11.1 Å². The van der Waals surface area contributed by atoms with Gasteiger partial charge in [-0.25, -0.2) is 0 Å². The van der Waals surface area contributed by atoms with E-state index in [2.05, 4.69) is 4.98 Å². The fraction of sp³-hybridized carbons (Fsp3) is 0. The average Bonchev–Trinajstić information content (AvgIpc) is 2.05. The van der Waals surface area contributed by atoms with Gasteiger partial charge < -0.3 is 0 Å². The highest BCUT2D eigenvalue weighted by Crippen LogP contribution is 1.97. The Hall–Kier alpha value is -1.46. The van der Waals surface area contributed by atoms with Crippen LogP contribution in [0.15, 0.2) is 24.5 Å². The van der Waals surface area contributed by atoms with Gasteiger partial charge in [-0.15, -0.1) is 0 Å². The minimum Gasteiger partial charge on any atom is -0.264 e. The summed E-state index contributed by atoms with van der Waals surface area (Å²) in [7, 11) is 0. The number of carbonyl (C=O) groups is 1. The zero-order chi connectivity index (χ0) is 8.27. The standard InChI is InChI=1S/C6H6N2O3/c9-6(8(10)11)5-2-1-3-7-4-5/h1-4,10-11H. The van der Waals surface area contributed by atoms with Gasteiger partial charge in [-0.3, -0.25) is 20.2 Å². The van der Waals surface area contributed by atoms with Crippen molar-refractivity contribution in [3.63, 3.8) is 0 Å². The summed E-state index contributed by atoms with van der Waals surface area (Å²) in [5.41, 5.74) is 0.123. The van der Waals surface area contributed by atoms with Crippen LogP contribution in [0.2, 0.25) is 0 Å². The number of pyridine rings is 1. The molecule has 0 saturated carbocycles. The lowest BCUT2D eigenvalue weighted by atomic mass is 10.3. The third kappa shape index (κ3) is 1.73. The van der Waals surface area contributed by atoms with E-state index in [4.69, 9.17) is 10.4 Å². The highest BCUT2D eigenvalue weighted by atomic mass is 16.8. The predicted molar refractivity (Wildman–Crippen MR) is 34.0 cm³/mol. The summed E-state index contributed by atoms with van der Waals surface area (Å²) in [5.74, 6) is -0.905. The minimum atomic E-state index is -0.905. The Balaban J connectivity index is 2.86. The van der Waals surface area contributed by atoms with E-state index in [-0.39, 0.29) is 5.56 Å². The van der Waals surface area contributed by atoms with E-state index >= 15 is 0 Å². The molecule has 0 radical (unpaired) electrons. The molecule has 11 heavy (non-hydrogen) atoms. The number of amides is 1. The monoisotopic (exact) mass is 154 g/mol. The number of nitrogens with zero attached hydrogens (tertiary/aromatic N) is 2. The summed E-state index contributed by atoms with van der Waals surface area (Å²) in [6.45, 7) is 0. The van der Waals surface area contributed by atoms with E-state index in [0.29, 0.717) is 0 Å². The van der Waals surface area contributed by atoms with Crippen LogP contribution < -0.4 is 0 Å². The second-order valence-electron chi connectivity index (χ2n) is 1.84. The Morgan fingerprint density at radius 3 is 2.73 bits per heavy atom. The molecule has 2 N–H and O–H groups in total. The first-order chi connectivity index (χ1) is 5.22. The topological polar surface area (TPSA) is 73.7 Å². The Labute approximate surface area is 62.4 Å². The molecule has 1 amide bonds. The van der Waals surface area contributed by atoms with Crippen LogP contribution in [0.4, 0.5) is 0 Å². The molecule has 0 aliphatic rings. The Bertz CT molecular complexity index is 247. The number of hydrogen-bond donors (Lipinski definition) is 2. The van der Waals surface area contributed by atoms with Crippen LogP contribution in [0.5, 0.6) is 0 Å². The molecule has 0 aromatic carbocycles. The molecule has 0 aliphatic heterocycles. The van der Waals surface area contributed by atoms with Crippen molar-refractivity contribution in [2.24, 2.45) is 0 Å². The van der Waals surface area contributed by atoms with E-state index in [0.717, 1.165) is 0 Å². The summed E-state index contributed by atoms with van der Waals surface area (Å²) >= 11 is 0. The number of aromatic nitrogens is 1. The molecule has 0 aliphatic carbocycles. The molecule has 0 spiro atoms. The Kier molecular flexibility index (Phi) is 2.15. The van der Waals surface area contributed by atoms with Gasteiger partial charge in [-0.05, 0) is 12.1 Å². The van der Waals surface area contributed by atoms with Crippen molar-refractivity contribution < 1.29 is 15.2 Å². The normalized spacial score (nSPS) is 9.27. The zero-order valence-corrected chi connectivity index (χ0v) is 5.51. The van der Waals surface area contributed by atoms with Crippen LogP contribution in [0.3, 0.4) is 0 Å². The lowest BCUT2D eigenvalue weighted by Crippen LogP contribution is -2.23. The lowest BCUT2D eigenvalue weighted by molar-refractivity contribution is -0.260. The van der Waals surface area contributed by atoms with Crippen molar-refractivity contribution in [3.8, 4) is 0 Å². The SMILES string of the molecule is O=C(c1cccnc1)N(O)O. The van der Waals surface area contributed by atoms with Crippen molar-refractivity contribution in [3.05, 3.63) is 30.1 Å². The smallest absolute Gasteiger partial charge is 0.264 e. The van der Waals surface area contributed by atoms with Gasteiger partial charge in [-0.2, -0.15) is 0 Å². The molecule has 58 valence electrons. The van der Waals surface area contributed by atoms with Crippen molar-refractivity contribution >= 4 is 5.91 Å². The highest BCUT2D eigenvalue weighted by molar-refractivity contribution is 5.92. The summed E-state index contributed by atoms with van der Waals surface area (Å²) in [5, 5.41) is 16.1. The average molecular weight is 154 g/mol. The molecule has 0 saturated heterocycles. The van der Waals surface area contributed by atoms with Gasteiger partial charge in [0, 0.05) is 12.4 Å². The van der Waals surface area contributed by atoms with Crippen molar-refractivity contribution in [1.82, 2.24) is 10.2 Å². The molecule has 1 aromatic heterocycles. The number of hydrogen-bond acceptors (Lipinski definition) is 4. The highest BCUT2D eigenvalue weighted by Gasteiger charge is 2.09. The molecule has 0 fully saturated rings. The van der Waals surface area contributed by atoms with Crippen molar-refractivity contribution in [2.45, 2.75) is 0 Å². The maximum absolute atomic E-state index is 10.7. The maximum atomic E-state index is 10.7. The quantitative estimate of drug-likeness (QED) is 0.450. The largest absolute Gasteiger partial charge is 0.305 e. The van der Waals surface area contributed by atoms with Crippen LogP contribution in [0, 0.1) is 0 Å². The summed E-state index contributed by atoms with van der Waals surface area (Å²) in [4.78, 5) is 14.3. The first-order valence-corrected chi connectivity index (χ1v) is 2.84. The second-order valence-corrected chi connectivity index (χ2v) is 1.84.